The fraction of sp³-hybridized carbons (Fsp3) is 0.407. The Morgan fingerprint density at radius 1 is 1.19 bits per heavy atom. The van der Waals surface area contributed by atoms with Crippen LogP contribution in [0.1, 0.15) is 47.4 Å². The zero-order valence-electron chi connectivity index (χ0n) is 22.7. The number of ether oxygens (including phenoxy) is 1. The molecule has 2 atom stereocenters. The van der Waals surface area contributed by atoms with Crippen molar-refractivity contribution in [2.45, 2.75) is 44.2 Å². The van der Waals surface area contributed by atoms with Crippen LogP contribution >= 0.6 is 34.2 Å². The van der Waals surface area contributed by atoms with Crippen molar-refractivity contribution in [1.29, 1.82) is 0 Å². The SMILES string of the molecule is NC(=O)c1c(Cc2cc(-c3csc4c(=O)cc(N5CCOCC5)sc34)sn2)nc(N[C@H]2CCCC[C@H]2[NH3+])n2ncnc12. The largest absolute Gasteiger partial charge is 0.378 e. The molecule has 6 heterocycles. The molecular weight excluding hydrogens is 595 g/mol. The number of hydrogen-bond acceptors (Lipinski definition) is 12. The van der Waals surface area contributed by atoms with Crippen molar-refractivity contribution in [3.05, 3.63) is 51.0 Å². The highest BCUT2D eigenvalue weighted by atomic mass is 32.1. The number of thiophene rings is 1. The van der Waals surface area contributed by atoms with E-state index in [4.69, 9.17) is 19.8 Å². The molecule has 1 amide bonds. The number of nitrogens with zero attached hydrogens (tertiary/aromatic N) is 6. The lowest BCUT2D eigenvalue weighted by atomic mass is 9.91. The number of amides is 1. The normalized spacial score (nSPS) is 19.5. The van der Waals surface area contributed by atoms with Gasteiger partial charge >= 0.3 is 0 Å². The third kappa shape index (κ3) is 5.04. The van der Waals surface area contributed by atoms with Gasteiger partial charge in [0.25, 0.3) is 5.91 Å². The Morgan fingerprint density at radius 2 is 2.02 bits per heavy atom. The fourth-order valence-corrected chi connectivity index (χ4v) is 8.99. The minimum absolute atomic E-state index is 0.0330. The molecule has 0 aromatic carbocycles. The number of anilines is 2. The molecule has 0 spiro atoms. The zero-order valence-corrected chi connectivity index (χ0v) is 25.2. The monoisotopic (exact) mass is 624 g/mol. The highest BCUT2D eigenvalue weighted by Gasteiger charge is 2.28. The van der Waals surface area contributed by atoms with Crippen LogP contribution in [0.15, 0.2) is 28.6 Å². The van der Waals surface area contributed by atoms with Gasteiger partial charge in [-0.25, -0.2) is 9.97 Å². The van der Waals surface area contributed by atoms with E-state index in [0.29, 0.717) is 36.9 Å². The second-order valence-corrected chi connectivity index (χ2v) is 13.3. The first-order chi connectivity index (χ1) is 20.5. The van der Waals surface area contributed by atoms with Gasteiger partial charge in [-0.05, 0) is 30.4 Å². The van der Waals surface area contributed by atoms with Gasteiger partial charge in [-0.2, -0.15) is 14.0 Å². The topological polar surface area (TPSA) is 168 Å². The Morgan fingerprint density at radius 3 is 2.83 bits per heavy atom. The number of morpholine rings is 1. The second-order valence-electron chi connectivity index (χ2n) is 10.6. The van der Waals surface area contributed by atoms with E-state index in [-0.39, 0.29) is 23.1 Å². The third-order valence-corrected chi connectivity index (χ3v) is 11.1. The summed E-state index contributed by atoms with van der Waals surface area (Å²) in [5.41, 5.74) is 13.0. The van der Waals surface area contributed by atoms with Gasteiger partial charge in [0.05, 0.1) is 49.9 Å². The highest BCUT2D eigenvalue weighted by molar-refractivity contribution is 7.29. The van der Waals surface area contributed by atoms with Crippen LogP contribution in [0.5, 0.6) is 0 Å². The molecule has 1 saturated carbocycles. The van der Waals surface area contributed by atoms with Crippen LogP contribution < -0.4 is 27.1 Å². The highest BCUT2D eigenvalue weighted by Crippen LogP contribution is 2.40. The number of nitrogens with one attached hydrogen (secondary N) is 1. The summed E-state index contributed by atoms with van der Waals surface area (Å²) in [7, 11) is 0. The number of quaternary nitrogens is 1. The Kier molecular flexibility index (Phi) is 7.35. The van der Waals surface area contributed by atoms with Crippen molar-refractivity contribution in [3.8, 4) is 10.4 Å². The molecule has 1 aliphatic heterocycles. The maximum atomic E-state index is 13.0. The predicted molar refractivity (Wildman–Crippen MR) is 165 cm³/mol. The summed E-state index contributed by atoms with van der Waals surface area (Å²) >= 11 is 4.46. The maximum Gasteiger partial charge on any atom is 0.254 e. The van der Waals surface area contributed by atoms with Gasteiger partial charge < -0.3 is 26.4 Å². The molecule has 6 N–H and O–H groups in total. The summed E-state index contributed by atoms with van der Waals surface area (Å²) < 4.78 is 13.5. The molecule has 1 aliphatic carbocycles. The van der Waals surface area contributed by atoms with E-state index in [2.05, 4.69) is 26.0 Å². The first kappa shape index (κ1) is 27.3. The molecule has 2 fully saturated rings. The average Bonchev–Trinajstić information content (AvgIpc) is 3.75. The Balaban J connectivity index is 1.23. The summed E-state index contributed by atoms with van der Waals surface area (Å²) in [5.74, 6) is -0.0998. The van der Waals surface area contributed by atoms with E-state index in [1.165, 1.54) is 35.6 Å². The standard InChI is InChI=1S/C27H29N9O3S3/c28-16-3-1-2-4-17(16)32-27-33-18(22(25(29)38)26-30-13-31-36(26)27)9-14-10-20(42-34-14)15-12-40-24-19(37)11-21(41-23(15)24)35-5-7-39-8-6-35/h10-13,16-17H,1-9,28H2,(H2,29,38)(H,32,33)/p+1/t16-,17+/m1/s1. The summed E-state index contributed by atoms with van der Waals surface area (Å²) in [6, 6.07) is 4.15. The van der Waals surface area contributed by atoms with E-state index in [0.717, 1.165) is 62.9 Å². The van der Waals surface area contributed by atoms with Gasteiger partial charge in [0.1, 0.15) is 17.9 Å². The molecule has 0 unspecified atom stereocenters. The van der Waals surface area contributed by atoms with Gasteiger partial charge in [0.15, 0.2) is 11.1 Å². The lowest BCUT2D eigenvalue weighted by Gasteiger charge is -2.28. The summed E-state index contributed by atoms with van der Waals surface area (Å²) in [5, 5.41) is 10.8. The number of aromatic nitrogens is 5. The zero-order chi connectivity index (χ0) is 28.8. The third-order valence-electron chi connectivity index (χ3n) is 7.90. The first-order valence-corrected chi connectivity index (χ1v) is 16.4. The molecule has 5 aromatic heterocycles. The molecule has 218 valence electrons. The van der Waals surface area contributed by atoms with Crippen LogP contribution in [0, 0.1) is 0 Å². The Hall–Kier alpha value is -3.50. The predicted octanol–water partition coefficient (Wildman–Crippen LogP) is 2.38. The Labute approximate surface area is 252 Å². The molecule has 0 radical (unpaired) electrons. The quantitative estimate of drug-likeness (QED) is 0.246. The molecule has 15 heteroatoms. The maximum absolute atomic E-state index is 13.0. The summed E-state index contributed by atoms with van der Waals surface area (Å²) in [6.45, 7) is 2.85. The number of hydrogen-bond donors (Lipinski definition) is 3. The summed E-state index contributed by atoms with van der Waals surface area (Å²) in [4.78, 5) is 38.0. The number of nitrogens with two attached hydrogens (primary N) is 1. The van der Waals surface area contributed by atoms with E-state index in [1.807, 2.05) is 11.4 Å². The molecular formula is C27H30N9O3S3+. The van der Waals surface area contributed by atoms with E-state index in [1.54, 1.807) is 21.9 Å². The lowest BCUT2D eigenvalue weighted by molar-refractivity contribution is -0.427. The number of carbonyl (C=O) groups is 1. The smallest absolute Gasteiger partial charge is 0.254 e. The molecule has 1 saturated heterocycles. The molecule has 5 aromatic rings. The van der Waals surface area contributed by atoms with Crippen LogP contribution in [0.2, 0.25) is 0 Å². The van der Waals surface area contributed by atoms with Crippen molar-refractivity contribution in [2.24, 2.45) is 5.73 Å². The van der Waals surface area contributed by atoms with Crippen LogP contribution in [-0.4, -0.2) is 68.2 Å². The molecule has 7 rings (SSSR count). The van der Waals surface area contributed by atoms with Crippen LogP contribution in [0.25, 0.3) is 25.5 Å². The first-order valence-electron chi connectivity index (χ1n) is 13.9. The van der Waals surface area contributed by atoms with Crippen molar-refractivity contribution < 1.29 is 15.3 Å². The van der Waals surface area contributed by atoms with Gasteiger partial charge in [0.2, 0.25) is 5.95 Å². The van der Waals surface area contributed by atoms with E-state index >= 15 is 0 Å². The fourth-order valence-electron chi connectivity index (χ4n) is 5.70. The Bertz CT molecular complexity index is 1840. The summed E-state index contributed by atoms with van der Waals surface area (Å²) in [6.07, 6.45) is 6.02. The number of carbonyl (C=O) groups excluding carboxylic acids is 1. The van der Waals surface area contributed by atoms with Crippen LogP contribution in [-0.2, 0) is 11.2 Å². The molecule has 0 bridgehead atoms. The van der Waals surface area contributed by atoms with Crippen molar-refractivity contribution in [2.75, 3.05) is 36.5 Å². The van der Waals surface area contributed by atoms with Gasteiger partial charge in [-0.15, -0.1) is 22.7 Å². The number of rotatable bonds is 7. The van der Waals surface area contributed by atoms with Crippen LogP contribution in [0.3, 0.4) is 0 Å². The van der Waals surface area contributed by atoms with E-state index in [9.17, 15) is 9.59 Å². The molecule has 12 nitrogen and oxygen atoms in total. The molecule has 42 heavy (non-hydrogen) atoms. The average molecular weight is 625 g/mol. The van der Waals surface area contributed by atoms with E-state index < -0.39 is 5.91 Å². The minimum atomic E-state index is -0.616. The van der Waals surface area contributed by atoms with Gasteiger partial charge in [0, 0.05) is 42.9 Å². The molecule has 2 aliphatic rings. The lowest BCUT2D eigenvalue weighted by Crippen LogP contribution is -2.68. The number of fused-ring (bicyclic) bond motifs is 2. The minimum Gasteiger partial charge on any atom is -0.378 e. The van der Waals surface area contributed by atoms with Gasteiger partial charge in [-0.1, -0.05) is 6.42 Å². The van der Waals surface area contributed by atoms with Crippen molar-refractivity contribution in [1.82, 2.24) is 24.0 Å². The van der Waals surface area contributed by atoms with Gasteiger partial charge in [-0.3, -0.25) is 9.59 Å². The van der Waals surface area contributed by atoms with Crippen molar-refractivity contribution >= 4 is 66.1 Å². The van der Waals surface area contributed by atoms with Crippen molar-refractivity contribution in [3.63, 3.8) is 0 Å². The van der Waals surface area contributed by atoms with Crippen LogP contribution in [0.4, 0.5) is 10.9 Å². The number of primary amides is 1. The second kappa shape index (κ2) is 11.3.